The molecular weight excluding hydrogens is 402 g/mol. The van der Waals surface area contributed by atoms with Gasteiger partial charge in [-0.1, -0.05) is 45.0 Å². The zero-order valence-electron chi connectivity index (χ0n) is 19.1. The highest BCUT2D eigenvalue weighted by Gasteiger charge is 2.12. The van der Waals surface area contributed by atoms with Crippen molar-refractivity contribution in [1.82, 2.24) is 10.3 Å². The van der Waals surface area contributed by atoms with Gasteiger partial charge in [-0.15, -0.1) is 0 Å². The van der Waals surface area contributed by atoms with Gasteiger partial charge in [0, 0.05) is 13.7 Å². The number of amides is 1. The molecule has 3 rings (SSSR count). The van der Waals surface area contributed by atoms with E-state index in [1.165, 1.54) is 5.56 Å². The van der Waals surface area contributed by atoms with Crippen molar-refractivity contribution >= 4 is 11.7 Å². The first-order chi connectivity index (χ1) is 15.4. The second-order valence-electron chi connectivity index (χ2n) is 8.20. The number of nitrogen functional groups attached to an aromatic ring is 1. The molecular formula is C26H31N3O3. The number of aromatic nitrogens is 1. The van der Waals surface area contributed by atoms with E-state index < -0.39 is 0 Å². The van der Waals surface area contributed by atoms with Crippen molar-refractivity contribution in [2.45, 2.75) is 39.8 Å². The van der Waals surface area contributed by atoms with E-state index in [1.807, 2.05) is 36.4 Å². The zero-order chi connectivity index (χ0) is 23.1. The van der Waals surface area contributed by atoms with Gasteiger partial charge in [0.25, 0.3) is 5.91 Å². The minimum Gasteiger partial charge on any atom is -0.457 e. The van der Waals surface area contributed by atoms with Crippen LogP contribution in [0.25, 0.3) is 0 Å². The number of ether oxygens (including phenoxy) is 2. The Kier molecular flexibility index (Phi) is 7.84. The molecule has 0 aliphatic heterocycles. The van der Waals surface area contributed by atoms with Crippen LogP contribution in [0.1, 0.15) is 53.9 Å². The molecule has 1 aromatic heterocycles. The van der Waals surface area contributed by atoms with Gasteiger partial charge in [-0.25, -0.2) is 4.98 Å². The average Bonchev–Trinajstić information content (AvgIpc) is 2.79. The molecule has 3 aromatic rings. The van der Waals surface area contributed by atoms with Crippen LogP contribution >= 0.6 is 0 Å². The minimum atomic E-state index is -0.269. The van der Waals surface area contributed by atoms with Gasteiger partial charge in [0.1, 0.15) is 17.3 Å². The number of hydrogen-bond donors (Lipinski definition) is 2. The maximum atomic E-state index is 12.4. The Bertz CT molecular complexity index is 1030. The van der Waals surface area contributed by atoms with Crippen LogP contribution in [-0.4, -0.2) is 18.0 Å². The van der Waals surface area contributed by atoms with Gasteiger partial charge in [-0.2, -0.15) is 0 Å². The third kappa shape index (κ3) is 6.08. The summed E-state index contributed by atoms with van der Waals surface area (Å²) in [6.07, 6.45) is 0. The lowest BCUT2D eigenvalue weighted by Gasteiger charge is -2.16. The van der Waals surface area contributed by atoms with Crippen LogP contribution < -0.4 is 15.8 Å². The van der Waals surface area contributed by atoms with E-state index in [4.69, 9.17) is 15.2 Å². The molecule has 0 aliphatic rings. The molecule has 1 amide bonds. The summed E-state index contributed by atoms with van der Waals surface area (Å²) < 4.78 is 11.0. The predicted octanol–water partition coefficient (Wildman–Crippen LogP) is 5.29. The third-order valence-electron chi connectivity index (χ3n) is 5.54. The van der Waals surface area contributed by atoms with Crippen LogP contribution in [0.5, 0.6) is 11.5 Å². The maximum Gasteiger partial charge on any atom is 0.255 e. The van der Waals surface area contributed by atoms with Crippen LogP contribution in [0.3, 0.4) is 0 Å². The molecule has 0 fully saturated rings. The highest BCUT2D eigenvalue weighted by Crippen LogP contribution is 2.27. The molecule has 0 saturated carbocycles. The van der Waals surface area contributed by atoms with Gasteiger partial charge < -0.3 is 20.5 Å². The number of carbonyl (C=O) groups excluding carboxylic acids is 1. The van der Waals surface area contributed by atoms with Gasteiger partial charge in [0.05, 0.1) is 17.9 Å². The predicted molar refractivity (Wildman–Crippen MR) is 127 cm³/mol. The van der Waals surface area contributed by atoms with Crippen molar-refractivity contribution in [1.29, 1.82) is 0 Å². The Morgan fingerprint density at radius 1 is 0.969 bits per heavy atom. The number of nitrogens with zero attached hydrogens (tertiary/aromatic N) is 1. The molecule has 1 unspecified atom stereocenters. The van der Waals surface area contributed by atoms with E-state index in [2.05, 4.69) is 43.2 Å². The molecule has 32 heavy (non-hydrogen) atoms. The largest absolute Gasteiger partial charge is 0.457 e. The summed E-state index contributed by atoms with van der Waals surface area (Å²) in [5, 5.41) is 2.87. The number of benzene rings is 2. The summed E-state index contributed by atoms with van der Waals surface area (Å²) in [5.74, 6) is 2.56. The number of carbonyl (C=O) groups is 1. The lowest BCUT2D eigenvalue weighted by Crippen LogP contribution is -2.24. The second-order valence-corrected chi connectivity index (χ2v) is 8.20. The zero-order valence-corrected chi connectivity index (χ0v) is 19.1. The van der Waals surface area contributed by atoms with Crippen LogP contribution in [0.4, 0.5) is 5.82 Å². The van der Waals surface area contributed by atoms with Gasteiger partial charge >= 0.3 is 0 Å². The Balaban J connectivity index is 1.55. The summed E-state index contributed by atoms with van der Waals surface area (Å²) in [6, 6.07) is 19.3. The molecule has 0 radical (unpaired) electrons. The summed E-state index contributed by atoms with van der Waals surface area (Å²) in [4.78, 5) is 16.6. The first-order valence-electron chi connectivity index (χ1n) is 10.8. The number of hydrogen-bond acceptors (Lipinski definition) is 5. The molecule has 0 bridgehead atoms. The Morgan fingerprint density at radius 2 is 1.59 bits per heavy atom. The molecule has 3 N–H and O–H groups in total. The molecule has 0 spiro atoms. The summed E-state index contributed by atoms with van der Waals surface area (Å²) in [7, 11) is 1.58. The molecule has 6 nitrogen and oxygen atoms in total. The van der Waals surface area contributed by atoms with E-state index in [9.17, 15) is 4.79 Å². The van der Waals surface area contributed by atoms with E-state index in [-0.39, 0.29) is 11.7 Å². The lowest BCUT2D eigenvalue weighted by molar-refractivity contribution is 0.0951. The van der Waals surface area contributed by atoms with E-state index >= 15 is 0 Å². The molecule has 6 heteroatoms. The van der Waals surface area contributed by atoms with Crippen molar-refractivity contribution in [2.24, 2.45) is 5.92 Å². The third-order valence-corrected chi connectivity index (χ3v) is 5.54. The smallest absolute Gasteiger partial charge is 0.255 e. The van der Waals surface area contributed by atoms with Crippen LogP contribution in [0.15, 0.2) is 60.7 Å². The van der Waals surface area contributed by atoms with Crippen LogP contribution in [0.2, 0.25) is 0 Å². The first kappa shape index (κ1) is 23.3. The fourth-order valence-electron chi connectivity index (χ4n) is 3.25. The molecule has 0 saturated heterocycles. The standard InChI is InChI=1S/C26H31N3O3/c1-17(2)18(3)20-7-12-23(13-8-20)32-22-10-5-19(6-11-22)15-28-26(30)24-14-9-21(16-31-4)29-25(24)27/h5-14,17-18H,15-16H2,1-4H3,(H2,27,29)(H,28,30). The number of methoxy groups -OCH3 is 1. The lowest BCUT2D eigenvalue weighted by atomic mass is 9.90. The second kappa shape index (κ2) is 10.8. The molecule has 2 aromatic carbocycles. The topological polar surface area (TPSA) is 86.5 Å². The highest BCUT2D eigenvalue weighted by atomic mass is 16.5. The number of rotatable bonds is 9. The molecule has 168 valence electrons. The average molecular weight is 434 g/mol. The van der Waals surface area contributed by atoms with Crippen LogP contribution in [0, 0.1) is 5.92 Å². The number of anilines is 1. The summed E-state index contributed by atoms with van der Waals surface area (Å²) in [6.45, 7) is 7.41. The van der Waals surface area contributed by atoms with E-state index in [1.54, 1.807) is 19.2 Å². The van der Waals surface area contributed by atoms with Crippen molar-refractivity contribution in [3.8, 4) is 11.5 Å². The van der Waals surface area contributed by atoms with Gasteiger partial charge in [-0.3, -0.25) is 4.79 Å². The highest BCUT2D eigenvalue weighted by molar-refractivity contribution is 5.98. The summed E-state index contributed by atoms with van der Waals surface area (Å²) in [5.41, 5.74) is 9.20. The van der Waals surface area contributed by atoms with Crippen LogP contribution in [-0.2, 0) is 17.9 Å². The van der Waals surface area contributed by atoms with Gasteiger partial charge in [0.15, 0.2) is 0 Å². The van der Waals surface area contributed by atoms with Gasteiger partial charge in [0.2, 0.25) is 0 Å². The van der Waals surface area contributed by atoms with Crippen molar-refractivity contribution in [2.75, 3.05) is 12.8 Å². The SMILES string of the molecule is COCc1ccc(C(=O)NCc2ccc(Oc3ccc(C(C)C(C)C)cc3)cc2)c(N)n1. The fourth-order valence-corrected chi connectivity index (χ4v) is 3.25. The normalized spacial score (nSPS) is 11.9. The van der Waals surface area contributed by atoms with E-state index in [0.29, 0.717) is 36.2 Å². The van der Waals surface area contributed by atoms with E-state index in [0.717, 1.165) is 17.1 Å². The Labute approximate surface area is 189 Å². The summed E-state index contributed by atoms with van der Waals surface area (Å²) >= 11 is 0. The van der Waals surface area contributed by atoms with Crippen molar-refractivity contribution in [3.05, 3.63) is 83.0 Å². The quantitative estimate of drug-likeness (QED) is 0.479. The molecule has 0 aliphatic carbocycles. The van der Waals surface area contributed by atoms with Crippen molar-refractivity contribution < 1.29 is 14.3 Å². The maximum absolute atomic E-state index is 12.4. The Hall–Kier alpha value is -3.38. The fraction of sp³-hybridized carbons (Fsp3) is 0.308. The molecule has 1 heterocycles. The van der Waals surface area contributed by atoms with Crippen molar-refractivity contribution in [3.63, 3.8) is 0 Å². The minimum absolute atomic E-state index is 0.189. The Morgan fingerprint density at radius 3 is 2.16 bits per heavy atom. The number of pyridine rings is 1. The van der Waals surface area contributed by atoms with Gasteiger partial charge in [-0.05, 0) is 59.4 Å². The number of nitrogens with one attached hydrogen (secondary N) is 1. The first-order valence-corrected chi connectivity index (χ1v) is 10.8. The monoisotopic (exact) mass is 433 g/mol. The molecule has 1 atom stereocenters. The number of nitrogens with two attached hydrogens (primary N) is 1.